The van der Waals surface area contributed by atoms with Crippen LogP contribution in [0.2, 0.25) is 0 Å². The zero-order valence-corrected chi connectivity index (χ0v) is 15.3. The topological polar surface area (TPSA) is 41.4 Å². The fraction of sp³-hybridized carbons (Fsp3) is 0.312. The number of aliphatic imine (C=N–C) groups is 1. The Hall–Kier alpha value is -1.64. The molecule has 4 nitrogen and oxygen atoms in total. The predicted octanol–water partition coefficient (Wildman–Crippen LogP) is 3.14. The Balaban J connectivity index is 0.00000264. The van der Waals surface area contributed by atoms with Gasteiger partial charge in [-0.3, -0.25) is 0 Å². The molecule has 2 aromatic rings. The minimum Gasteiger partial charge on any atom is -0.357 e. The van der Waals surface area contributed by atoms with Crippen molar-refractivity contribution in [1.29, 1.82) is 0 Å². The minimum absolute atomic E-state index is 0. The first-order chi connectivity index (χ1) is 10.7. The molecule has 0 saturated heterocycles. The maximum absolute atomic E-state index is 13.6. The minimum atomic E-state index is -0.461. The van der Waals surface area contributed by atoms with Crippen molar-refractivity contribution in [2.24, 2.45) is 4.99 Å². The number of nitrogens with one attached hydrogen (secondary N) is 2. The van der Waals surface area contributed by atoms with Crippen molar-refractivity contribution < 1.29 is 8.78 Å². The van der Waals surface area contributed by atoms with E-state index in [-0.39, 0.29) is 36.1 Å². The normalized spacial score (nSPS) is 11.0. The van der Waals surface area contributed by atoms with Gasteiger partial charge in [-0.05, 0) is 37.3 Å². The zero-order valence-electron chi connectivity index (χ0n) is 12.9. The second-order valence-corrected chi connectivity index (χ2v) is 4.78. The Bertz CT molecular complexity index is 615. The SMILES string of the molecule is CCNC(=NCc1cc(F)ccc1F)NCCn1cccc1.I. The van der Waals surface area contributed by atoms with E-state index >= 15 is 0 Å². The van der Waals surface area contributed by atoms with E-state index in [0.29, 0.717) is 19.0 Å². The van der Waals surface area contributed by atoms with Crippen LogP contribution in [0, 0.1) is 11.6 Å². The Morgan fingerprint density at radius 1 is 1.17 bits per heavy atom. The highest BCUT2D eigenvalue weighted by Crippen LogP contribution is 2.10. The quantitative estimate of drug-likeness (QED) is 0.417. The molecule has 23 heavy (non-hydrogen) atoms. The Labute approximate surface area is 152 Å². The van der Waals surface area contributed by atoms with E-state index in [1.807, 2.05) is 36.0 Å². The molecule has 0 atom stereocenters. The van der Waals surface area contributed by atoms with E-state index in [2.05, 4.69) is 15.6 Å². The first-order valence-corrected chi connectivity index (χ1v) is 7.26. The van der Waals surface area contributed by atoms with Crippen molar-refractivity contribution >= 4 is 29.9 Å². The van der Waals surface area contributed by atoms with Gasteiger partial charge in [0.25, 0.3) is 0 Å². The maximum Gasteiger partial charge on any atom is 0.191 e. The molecule has 0 spiro atoms. The van der Waals surface area contributed by atoms with Crippen molar-refractivity contribution in [3.05, 3.63) is 59.9 Å². The lowest BCUT2D eigenvalue weighted by atomic mass is 10.2. The third-order valence-corrected chi connectivity index (χ3v) is 3.09. The van der Waals surface area contributed by atoms with Crippen LogP contribution in [-0.4, -0.2) is 23.6 Å². The van der Waals surface area contributed by atoms with Crippen molar-refractivity contribution in [3.63, 3.8) is 0 Å². The van der Waals surface area contributed by atoms with Gasteiger partial charge in [-0.15, -0.1) is 24.0 Å². The van der Waals surface area contributed by atoms with Crippen LogP contribution in [0.15, 0.2) is 47.7 Å². The Morgan fingerprint density at radius 2 is 1.91 bits per heavy atom. The van der Waals surface area contributed by atoms with E-state index in [4.69, 9.17) is 0 Å². The molecule has 2 N–H and O–H groups in total. The first kappa shape index (κ1) is 19.4. The van der Waals surface area contributed by atoms with Crippen LogP contribution in [-0.2, 0) is 13.1 Å². The van der Waals surface area contributed by atoms with Crippen LogP contribution in [0.3, 0.4) is 0 Å². The van der Waals surface area contributed by atoms with Gasteiger partial charge in [-0.1, -0.05) is 0 Å². The number of nitrogens with zero attached hydrogens (tertiary/aromatic N) is 2. The summed E-state index contributed by atoms with van der Waals surface area (Å²) in [6.45, 7) is 4.22. The Morgan fingerprint density at radius 3 is 2.61 bits per heavy atom. The molecule has 0 radical (unpaired) electrons. The number of guanidine groups is 1. The molecule has 0 saturated carbocycles. The number of benzene rings is 1. The summed E-state index contributed by atoms with van der Waals surface area (Å²) in [5.74, 6) is -0.330. The molecule has 0 amide bonds. The molecule has 1 aromatic carbocycles. The molecule has 1 aromatic heterocycles. The highest BCUT2D eigenvalue weighted by Gasteiger charge is 2.04. The van der Waals surface area contributed by atoms with Gasteiger partial charge in [0.15, 0.2) is 5.96 Å². The summed E-state index contributed by atoms with van der Waals surface area (Å²) in [5.41, 5.74) is 0.239. The fourth-order valence-corrected chi connectivity index (χ4v) is 1.99. The molecule has 0 aliphatic rings. The summed E-state index contributed by atoms with van der Waals surface area (Å²) in [6, 6.07) is 7.32. The van der Waals surface area contributed by atoms with E-state index in [1.54, 1.807) is 0 Å². The summed E-state index contributed by atoms with van der Waals surface area (Å²) in [4.78, 5) is 4.28. The van der Waals surface area contributed by atoms with E-state index < -0.39 is 11.6 Å². The van der Waals surface area contributed by atoms with Crippen LogP contribution in [0.1, 0.15) is 12.5 Å². The molecule has 1 heterocycles. The van der Waals surface area contributed by atoms with Gasteiger partial charge < -0.3 is 15.2 Å². The molecular weight excluding hydrogens is 413 g/mol. The van der Waals surface area contributed by atoms with Crippen molar-refractivity contribution in [2.45, 2.75) is 20.0 Å². The fourth-order valence-electron chi connectivity index (χ4n) is 1.99. The lowest BCUT2D eigenvalue weighted by Gasteiger charge is -2.12. The molecule has 0 unspecified atom stereocenters. The Kier molecular flexibility index (Phi) is 8.60. The lowest BCUT2D eigenvalue weighted by Crippen LogP contribution is -2.38. The molecule has 2 rings (SSSR count). The summed E-state index contributed by atoms with van der Waals surface area (Å²) in [6.07, 6.45) is 3.96. The first-order valence-electron chi connectivity index (χ1n) is 7.26. The molecule has 0 aliphatic heterocycles. The summed E-state index contributed by atoms with van der Waals surface area (Å²) in [7, 11) is 0. The number of aromatic nitrogens is 1. The maximum atomic E-state index is 13.6. The van der Waals surface area contributed by atoms with Crippen molar-refractivity contribution in [1.82, 2.24) is 15.2 Å². The van der Waals surface area contributed by atoms with E-state index in [0.717, 1.165) is 18.7 Å². The third-order valence-electron chi connectivity index (χ3n) is 3.09. The standard InChI is InChI=1S/C16H20F2N4.HI/c1-2-19-16(20-7-10-22-8-3-4-9-22)21-12-13-11-14(17)5-6-15(13)18;/h3-6,8-9,11H,2,7,10,12H2,1H3,(H2,19,20,21);1H. The monoisotopic (exact) mass is 434 g/mol. The second kappa shape index (κ2) is 10.2. The van der Waals surface area contributed by atoms with Crippen LogP contribution in [0.5, 0.6) is 0 Å². The van der Waals surface area contributed by atoms with Crippen LogP contribution in [0.25, 0.3) is 0 Å². The van der Waals surface area contributed by atoms with Gasteiger partial charge in [0.1, 0.15) is 11.6 Å². The largest absolute Gasteiger partial charge is 0.357 e. The highest BCUT2D eigenvalue weighted by molar-refractivity contribution is 14.0. The second-order valence-electron chi connectivity index (χ2n) is 4.78. The van der Waals surface area contributed by atoms with Gasteiger partial charge in [0, 0.05) is 37.6 Å². The number of hydrogen-bond acceptors (Lipinski definition) is 1. The van der Waals surface area contributed by atoms with E-state index in [1.165, 1.54) is 6.07 Å². The zero-order chi connectivity index (χ0) is 15.8. The van der Waals surface area contributed by atoms with Gasteiger partial charge in [-0.2, -0.15) is 0 Å². The van der Waals surface area contributed by atoms with Crippen LogP contribution in [0.4, 0.5) is 8.78 Å². The summed E-state index contributed by atoms with van der Waals surface area (Å²) < 4.78 is 28.7. The van der Waals surface area contributed by atoms with Gasteiger partial charge in [0.05, 0.1) is 6.54 Å². The molecule has 126 valence electrons. The molecular formula is C16H21F2IN4. The molecule has 7 heteroatoms. The van der Waals surface area contributed by atoms with Gasteiger partial charge >= 0.3 is 0 Å². The smallest absolute Gasteiger partial charge is 0.191 e. The average Bonchev–Trinajstić information content (AvgIpc) is 3.01. The lowest BCUT2D eigenvalue weighted by molar-refractivity contribution is 0.585. The highest BCUT2D eigenvalue weighted by atomic mass is 127. The predicted molar refractivity (Wildman–Crippen MR) is 99.0 cm³/mol. The van der Waals surface area contributed by atoms with Crippen molar-refractivity contribution in [2.75, 3.05) is 13.1 Å². The summed E-state index contributed by atoms with van der Waals surface area (Å²) in [5, 5.41) is 6.25. The van der Waals surface area contributed by atoms with Crippen molar-refractivity contribution in [3.8, 4) is 0 Å². The number of hydrogen-bond donors (Lipinski definition) is 2. The van der Waals surface area contributed by atoms with E-state index in [9.17, 15) is 8.78 Å². The van der Waals surface area contributed by atoms with Gasteiger partial charge in [-0.25, -0.2) is 13.8 Å². The molecule has 0 aliphatic carbocycles. The molecule has 0 bridgehead atoms. The number of rotatable bonds is 6. The number of halogens is 3. The van der Waals surface area contributed by atoms with Crippen LogP contribution >= 0.6 is 24.0 Å². The van der Waals surface area contributed by atoms with Crippen LogP contribution < -0.4 is 10.6 Å². The van der Waals surface area contributed by atoms with Gasteiger partial charge in [0.2, 0.25) is 0 Å². The average molecular weight is 434 g/mol. The summed E-state index contributed by atoms with van der Waals surface area (Å²) >= 11 is 0. The third kappa shape index (κ3) is 6.55. The molecule has 0 fully saturated rings.